The first-order chi connectivity index (χ1) is 12.7. The van der Waals surface area contributed by atoms with Crippen LogP contribution < -0.4 is 0 Å². The number of aromatic amines is 2. The molecule has 5 heteroatoms. The molecule has 4 atom stereocenters. The number of carbonyl (C=O) groups excluding carboxylic acids is 1. The predicted molar refractivity (Wildman–Crippen MR) is 99.3 cm³/mol. The summed E-state index contributed by atoms with van der Waals surface area (Å²) in [5.74, 6) is -1.20. The average molecular weight is 346 g/mol. The number of H-pyrrole nitrogens is 2. The predicted octanol–water partition coefficient (Wildman–Crippen LogP) is 2.80. The minimum atomic E-state index is -1.15. The van der Waals surface area contributed by atoms with E-state index in [0.717, 1.165) is 44.9 Å². The van der Waals surface area contributed by atoms with Crippen molar-refractivity contribution in [1.82, 2.24) is 9.97 Å². The van der Waals surface area contributed by atoms with E-state index in [9.17, 15) is 15.0 Å². The van der Waals surface area contributed by atoms with Gasteiger partial charge in [0.2, 0.25) is 0 Å². The van der Waals surface area contributed by atoms with Crippen LogP contribution in [0.3, 0.4) is 0 Å². The first-order valence-corrected chi connectivity index (χ1v) is 8.68. The van der Waals surface area contributed by atoms with Gasteiger partial charge in [-0.1, -0.05) is 36.4 Å². The fourth-order valence-electron chi connectivity index (χ4n) is 4.38. The number of rotatable bonds is 2. The Morgan fingerprint density at radius 2 is 1.58 bits per heavy atom. The van der Waals surface area contributed by atoms with Gasteiger partial charge in [-0.3, -0.25) is 0 Å². The van der Waals surface area contributed by atoms with Crippen molar-refractivity contribution in [1.29, 1.82) is 0 Å². The van der Waals surface area contributed by atoms with Crippen molar-refractivity contribution in [3.05, 3.63) is 71.5 Å². The first-order valence-electron chi connectivity index (χ1n) is 8.68. The molecular formula is C21H18N2O3. The largest absolute Gasteiger partial charge is 0.389 e. The lowest BCUT2D eigenvalue weighted by molar-refractivity contribution is -0.114. The molecule has 0 saturated heterocycles. The summed E-state index contributed by atoms with van der Waals surface area (Å²) >= 11 is 0. The smallest absolute Gasteiger partial charge is 0.130 e. The van der Waals surface area contributed by atoms with E-state index in [4.69, 9.17) is 0 Å². The van der Waals surface area contributed by atoms with Crippen molar-refractivity contribution in [3.63, 3.8) is 0 Å². The zero-order valence-corrected chi connectivity index (χ0v) is 13.9. The molecular weight excluding hydrogens is 328 g/mol. The van der Waals surface area contributed by atoms with Crippen LogP contribution in [0.5, 0.6) is 0 Å². The van der Waals surface area contributed by atoms with Crippen molar-refractivity contribution in [2.24, 2.45) is 0 Å². The van der Waals surface area contributed by atoms with E-state index in [1.54, 1.807) is 0 Å². The average Bonchev–Trinajstić information content (AvgIpc) is 3.25. The number of hydrogen-bond acceptors (Lipinski definition) is 3. The van der Waals surface area contributed by atoms with Gasteiger partial charge in [0.15, 0.2) is 0 Å². The Morgan fingerprint density at radius 3 is 2.35 bits per heavy atom. The van der Waals surface area contributed by atoms with Crippen molar-refractivity contribution in [3.8, 4) is 0 Å². The van der Waals surface area contributed by atoms with Gasteiger partial charge in [-0.2, -0.15) is 0 Å². The van der Waals surface area contributed by atoms with Gasteiger partial charge in [0.25, 0.3) is 0 Å². The number of nitrogens with one attached hydrogen (secondary N) is 2. The monoisotopic (exact) mass is 346 g/mol. The molecule has 26 heavy (non-hydrogen) atoms. The molecule has 0 amide bonds. The summed E-state index contributed by atoms with van der Waals surface area (Å²) in [5.41, 5.74) is 4.36. The van der Waals surface area contributed by atoms with Crippen molar-refractivity contribution < 1.29 is 15.0 Å². The van der Waals surface area contributed by atoms with Gasteiger partial charge in [0, 0.05) is 33.7 Å². The highest BCUT2D eigenvalue weighted by molar-refractivity contribution is 5.91. The first kappa shape index (κ1) is 15.4. The lowest BCUT2D eigenvalue weighted by Crippen LogP contribution is -2.42. The SMILES string of the molecule is O=CC1c2c([nH]c3ccccc23)C(c2c[nH]c3ccccc23)C(O)C1O. The number of aliphatic hydroxyl groups is 2. The van der Waals surface area contributed by atoms with E-state index in [1.165, 1.54) is 0 Å². The van der Waals surface area contributed by atoms with E-state index in [1.807, 2.05) is 54.7 Å². The summed E-state index contributed by atoms with van der Waals surface area (Å²) in [6.07, 6.45) is 0.378. The molecule has 2 aromatic carbocycles. The van der Waals surface area contributed by atoms with E-state index < -0.39 is 24.0 Å². The van der Waals surface area contributed by atoms with E-state index in [-0.39, 0.29) is 0 Å². The molecule has 4 unspecified atom stereocenters. The number of benzene rings is 2. The Hall–Kier alpha value is -2.89. The van der Waals surface area contributed by atoms with Gasteiger partial charge in [0.05, 0.1) is 24.0 Å². The molecule has 0 fully saturated rings. The molecule has 4 N–H and O–H groups in total. The molecule has 1 aliphatic carbocycles. The third kappa shape index (κ3) is 1.95. The molecule has 4 aromatic rings. The van der Waals surface area contributed by atoms with Crippen molar-refractivity contribution in [2.45, 2.75) is 24.0 Å². The Balaban J connectivity index is 1.82. The number of fused-ring (bicyclic) bond motifs is 4. The van der Waals surface area contributed by atoms with Gasteiger partial charge in [-0.25, -0.2) is 0 Å². The zero-order valence-electron chi connectivity index (χ0n) is 13.9. The summed E-state index contributed by atoms with van der Waals surface area (Å²) in [7, 11) is 0. The molecule has 2 aromatic heterocycles. The van der Waals surface area contributed by atoms with Gasteiger partial charge in [-0.15, -0.1) is 0 Å². The fourth-order valence-corrected chi connectivity index (χ4v) is 4.38. The van der Waals surface area contributed by atoms with Crippen LogP contribution in [-0.4, -0.2) is 38.7 Å². The van der Waals surface area contributed by atoms with Crippen LogP contribution in [0.2, 0.25) is 0 Å². The van der Waals surface area contributed by atoms with E-state index in [0.29, 0.717) is 0 Å². The second-order valence-electron chi connectivity index (χ2n) is 6.91. The topological polar surface area (TPSA) is 89.1 Å². The van der Waals surface area contributed by atoms with Gasteiger partial charge in [-0.05, 0) is 23.3 Å². The van der Waals surface area contributed by atoms with Gasteiger partial charge >= 0.3 is 0 Å². The zero-order chi connectivity index (χ0) is 17.8. The highest BCUT2D eigenvalue weighted by Gasteiger charge is 2.44. The number of hydrogen-bond donors (Lipinski definition) is 4. The van der Waals surface area contributed by atoms with Crippen LogP contribution in [0.15, 0.2) is 54.7 Å². The Kier molecular flexibility index (Phi) is 3.29. The van der Waals surface area contributed by atoms with Crippen molar-refractivity contribution >= 4 is 28.1 Å². The number of aromatic nitrogens is 2. The summed E-state index contributed by atoms with van der Waals surface area (Å²) in [5, 5.41) is 23.5. The summed E-state index contributed by atoms with van der Waals surface area (Å²) in [4.78, 5) is 18.4. The highest BCUT2D eigenvalue weighted by Crippen LogP contribution is 2.46. The molecule has 5 nitrogen and oxygen atoms in total. The third-order valence-corrected chi connectivity index (χ3v) is 5.58. The molecule has 0 aliphatic heterocycles. The Labute approximate surface area is 149 Å². The Morgan fingerprint density at radius 1 is 0.885 bits per heavy atom. The molecule has 0 saturated carbocycles. The van der Waals surface area contributed by atoms with Gasteiger partial charge in [0.1, 0.15) is 6.29 Å². The Bertz CT molecular complexity index is 1130. The molecule has 1 aliphatic rings. The molecule has 0 spiro atoms. The molecule has 0 radical (unpaired) electrons. The third-order valence-electron chi connectivity index (χ3n) is 5.58. The van der Waals surface area contributed by atoms with Crippen molar-refractivity contribution in [2.75, 3.05) is 0 Å². The van der Waals surface area contributed by atoms with Gasteiger partial charge < -0.3 is 25.0 Å². The van der Waals surface area contributed by atoms with Crippen LogP contribution in [0.1, 0.15) is 28.7 Å². The second-order valence-corrected chi connectivity index (χ2v) is 6.91. The second kappa shape index (κ2) is 5.56. The minimum Gasteiger partial charge on any atom is -0.389 e. The van der Waals surface area contributed by atoms with Crippen LogP contribution in [0.4, 0.5) is 0 Å². The van der Waals surface area contributed by atoms with Crippen LogP contribution in [0.25, 0.3) is 21.8 Å². The lowest BCUT2D eigenvalue weighted by atomic mass is 9.73. The molecule has 0 bridgehead atoms. The van der Waals surface area contributed by atoms with E-state index in [2.05, 4.69) is 9.97 Å². The maximum atomic E-state index is 11.7. The summed E-state index contributed by atoms with van der Waals surface area (Å²) < 4.78 is 0. The molecule has 5 rings (SSSR count). The molecule has 2 heterocycles. The molecule has 130 valence electrons. The fraction of sp³-hybridized carbons (Fsp3) is 0.190. The maximum Gasteiger partial charge on any atom is 0.130 e. The number of para-hydroxylation sites is 2. The maximum absolute atomic E-state index is 11.7. The highest BCUT2D eigenvalue weighted by atomic mass is 16.3. The lowest BCUT2D eigenvalue weighted by Gasteiger charge is -2.35. The normalized spacial score (nSPS) is 25.5. The summed E-state index contributed by atoms with van der Waals surface area (Å²) in [6.45, 7) is 0. The van der Waals surface area contributed by atoms with Crippen LogP contribution in [0, 0.1) is 0 Å². The van der Waals surface area contributed by atoms with Crippen LogP contribution >= 0.6 is 0 Å². The quantitative estimate of drug-likeness (QED) is 0.421. The number of aliphatic hydroxyl groups excluding tert-OH is 2. The summed E-state index contributed by atoms with van der Waals surface area (Å²) in [6, 6.07) is 15.6. The number of aldehydes is 1. The number of carbonyl (C=O) groups is 1. The van der Waals surface area contributed by atoms with E-state index >= 15 is 0 Å². The minimum absolute atomic E-state index is 0.445. The van der Waals surface area contributed by atoms with Crippen LogP contribution in [-0.2, 0) is 4.79 Å². The standard InChI is InChI=1S/C21H18N2O3/c24-10-14-17-12-6-2-4-8-16(12)23-19(17)18(21(26)20(14)25)13-9-22-15-7-3-1-5-11(13)15/h1-10,14,18,20-23,25-26H.